The molecule has 0 spiro atoms. The fourth-order valence-corrected chi connectivity index (χ4v) is 3.87. The fourth-order valence-electron chi connectivity index (χ4n) is 3.87. The molecule has 2 rings (SSSR count). The van der Waals surface area contributed by atoms with Crippen LogP contribution in [-0.4, -0.2) is 11.1 Å². The molecule has 0 aromatic carbocycles. The zero-order chi connectivity index (χ0) is 12.1. The van der Waals surface area contributed by atoms with Crippen molar-refractivity contribution >= 4 is 5.97 Å². The molecule has 0 aromatic rings. The summed E-state index contributed by atoms with van der Waals surface area (Å²) in [4.78, 5) is 11.0. The Bertz CT molecular complexity index is 233. The lowest BCUT2D eigenvalue weighted by atomic mass is 9.74. The molecule has 0 aromatic heterocycles. The molecule has 0 radical (unpaired) electrons. The smallest absolute Gasteiger partial charge is 0.306 e. The van der Waals surface area contributed by atoms with Gasteiger partial charge in [-0.25, -0.2) is 0 Å². The van der Waals surface area contributed by atoms with E-state index in [1.165, 1.54) is 44.9 Å². The topological polar surface area (TPSA) is 37.3 Å². The third-order valence-corrected chi connectivity index (χ3v) is 4.92. The highest BCUT2D eigenvalue weighted by molar-refractivity contribution is 5.69. The van der Waals surface area contributed by atoms with Crippen molar-refractivity contribution in [3.05, 3.63) is 0 Å². The van der Waals surface area contributed by atoms with Crippen LogP contribution in [0.3, 0.4) is 0 Å². The molecule has 2 aliphatic carbocycles. The molecule has 1 N–H and O–H groups in total. The standard InChI is InChI=1S/C15H26O2/c16-15(17)14-10-4-8-13(9-5-11-14)12-6-2-1-3-7-12/h12-14H,1-11H2,(H,16,17). The SMILES string of the molecule is O=C(O)C1CCCC(C2CCCCC2)CCC1. The maximum absolute atomic E-state index is 11.0. The van der Waals surface area contributed by atoms with E-state index < -0.39 is 5.97 Å². The van der Waals surface area contributed by atoms with E-state index in [1.807, 2.05) is 0 Å². The van der Waals surface area contributed by atoms with Crippen LogP contribution in [0.25, 0.3) is 0 Å². The Labute approximate surface area is 105 Å². The van der Waals surface area contributed by atoms with Gasteiger partial charge in [0.05, 0.1) is 5.92 Å². The third-order valence-electron chi connectivity index (χ3n) is 4.92. The molecule has 0 amide bonds. The van der Waals surface area contributed by atoms with Gasteiger partial charge in [0.1, 0.15) is 0 Å². The molecule has 17 heavy (non-hydrogen) atoms. The van der Waals surface area contributed by atoms with E-state index in [-0.39, 0.29) is 5.92 Å². The quantitative estimate of drug-likeness (QED) is 0.781. The fraction of sp³-hybridized carbons (Fsp3) is 0.933. The molecular formula is C15H26O2. The number of rotatable bonds is 2. The number of hydrogen-bond donors (Lipinski definition) is 1. The van der Waals surface area contributed by atoms with E-state index in [2.05, 4.69) is 0 Å². The maximum atomic E-state index is 11.0. The first kappa shape index (κ1) is 12.9. The highest BCUT2D eigenvalue weighted by atomic mass is 16.4. The Hall–Kier alpha value is -0.530. The van der Waals surface area contributed by atoms with E-state index in [0.29, 0.717) is 0 Å². The average molecular weight is 238 g/mol. The zero-order valence-corrected chi connectivity index (χ0v) is 10.9. The minimum absolute atomic E-state index is 0.0534. The van der Waals surface area contributed by atoms with Crippen LogP contribution in [0.4, 0.5) is 0 Å². The van der Waals surface area contributed by atoms with Gasteiger partial charge in [-0.2, -0.15) is 0 Å². The van der Waals surface area contributed by atoms with Crippen LogP contribution in [0.2, 0.25) is 0 Å². The molecule has 2 heteroatoms. The van der Waals surface area contributed by atoms with Crippen LogP contribution in [0.5, 0.6) is 0 Å². The second-order valence-corrected chi connectivity index (χ2v) is 6.06. The average Bonchev–Trinajstić information content (AvgIpc) is 2.29. The van der Waals surface area contributed by atoms with E-state index in [0.717, 1.165) is 37.5 Å². The van der Waals surface area contributed by atoms with Crippen LogP contribution in [0, 0.1) is 17.8 Å². The monoisotopic (exact) mass is 238 g/mol. The molecule has 0 atom stereocenters. The summed E-state index contributed by atoms with van der Waals surface area (Å²) in [5.74, 6) is 1.25. The van der Waals surface area contributed by atoms with Gasteiger partial charge in [-0.15, -0.1) is 0 Å². The Kier molecular flexibility index (Phi) is 4.87. The largest absolute Gasteiger partial charge is 0.481 e. The van der Waals surface area contributed by atoms with Crippen molar-refractivity contribution in [1.29, 1.82) is 0 Å². The van der Waals surface area contributed by atoms with Gasteiger partial charge < -0.3 is 5.11 Å². The van der Waals surface area contributed by atoms with Crippen molar-refractivity contribution in [3.63, 3.8) is 0 Å². The van der Waals surface area contributed by atoms with Gasteiger partial charge in [-0.1, -0.05) is 57.8 Å². The van der Waals surface area contributed by atoms with Crippen molar-refractivity contribution in [1.82, 2.24) is 0 Å². The van der Waals surface area contributed by atoms with Crippen molar-refractivity contribution < 1.29 is 9.90 Å². The van der Waals surface area contributed by atoms with Crippen molar-refractivity contribution in [2.24, 2.45) is 17.8 Å². The second-order valence-electron chi connectivity index (χ2n) is 6.06. The summed E-state index contributed by atoms with van der Waals surface area (Å²) in [5, 5.41) is 9.07. The van der Waals surface area contributed by atoms with E-state index in [9.17, 15) is 4.79 Å². The second kappa shape index (κ2) is 6.42. The van der Waals surface area contributed by atoms with Crippen molar-refractivity contribution in [2.45, 2.75) is 70.6 Å². The summed E-state index contributed by atoms with van der Waals surface area (Å²) in [6, 6.07) is 0. The number of carboxylic acid groups (broad SMARTS) is 1. The highest BCUT2D eigenvalue weighted by Gasteiger charge is 2.26. The van der Waals surface area contributed by atoms with Crippen LogP contribution >= 0.6 is 0 Å². The van der Waals surface area contributed by atoms with E-state index in [1.54, 1.807) is 0 Å². The summed E-state index contributed by atoms with van der Waals surface area (Å²) in [7, 11) is 0. The number of carboxylic acids is 1. The first-order valence-corrected chi connectivity index (χ1v) is 7.50. The van der Waals surface area contributed by atoms with Crippen molar-refractivity contribution in [3.8, 4) is 0 Å². The predicted molar refractivity (Wildman–Crippen MR) is 68.9 cm³/mol. The molecule has 2 nitrogen and oxygen atoms in total. The summed E-state index contributed by atoms with van der Waals surface area (Å²) < 4.78 is 0. The molecule has 0 heterocycles. The Morgan fingerprint density at radius 2 is 1.18 bits per heavy atom. The summed E-state index contributed by atoms with van der Waals surface area (Å²) in [6.45, 7) is 0. The summed E-state index contributed by atoms with van der Waals surface area (Å²) in [5.41, 5.74) is 0. The van der Waals surface area contributed by atoms with Gasteiger partial charge in [0.15, 0.2) is 0 Å². The van der Waals surface area contributed by atoms with Crippen LogP contribution < -0.4 is 0 Å². The van der Waals surface area contributed by atoms with Crippen LogP contribution in [0.15, 0.2) is 0 Å². The lowest BCUT2D eigenvalue weighted by molar-refractivity contribution is -0.142. The van der Waals surface area contributed by atoms with Crippen molar-refractivity contribution in [2.75, 3.05) is 0 Å². The van der Waals surface area contributed by atoms with E-state index >= 15 is 0 Å². The summed E-state index contributed by atoms with van der Waals surface area (Å²) >= 11 is 0. The predicted octanol–water partition coefficient (Wildman–Crippen LogP) is 4.24. The summed E-state index contributed by atoms with van der Waals surface area (Å²) in [6.07, 6.45) is 13.8. The van der Waals surface area contributed by atoms with E-state index in [4.69, 9.17) is 5.11 Å². The molecule has 0 unspecified atom stereocenters. The van der Waals surface area contributed by atoms with Gasteiger partial charge in [0.2, 0.25) is 0 Å². The van der Waals surface area contributed by atoms with Crippen LogP contribution in [0.1, 0.15) is 70.6 Å². The molecule has 2 aliphatic rings. The Morgan fingerprint density at radius 1 is 0.706 bits per heavy atom. The number of hydrogen-bond acceptors (Lipinski definition) is 1. The maximum Gasteiger partial charge on any atom is 0.306 e. The normalized spacial score (nSPS) is 32.7. The van der Waals surface area contributed by atoms with Gasteiger partial charge in [-0.05, 0) is 24.7 Å². The first-order valence-electron chi connectivity index (χ1n) is 7.50. The van der Waals surface area contributed by atoms with Gasteiger partial charge in [0.25, 0.3) is 0 Å². The molecule has 0 saturated heterocycles. The molecule has 0 aliphatic heterocycles. The highest BCUT2D eigenvalue weighted by Crippen LogP contribution is 2.37. The minimum atomic E-state index is -0.568. The third kappa shape index (κ3) is 3.72. The Morgan fingerprint density at radius 3 is 1.65 bits per heavy atom. The minimum Gasteiger partial charge on any atom is -0.481 e. The van der Waals surface area contributed by atoms with Gasteiger partial charge >= 0.3 is 5.97 Å². The Balaban J connectivity index is 1.80. The number of carbonyl (C=O) groups is 1. The van der Waals surface area contributed by atoms with Gasteiger partial charge in [0, 0.05) is 0 Å². The molecule has 0 bridgehead atoms. The lowest BCUT2D eigenvalue weighted by Gasteiger charge is -2.32. The molecule has 2 saturated carbocycles. The zero-order valence-electron chi connectivity index (χ0n) is 10.9. The van der Waals surface area contributed by atoms with Crippen LogP contribution in [-0.2, 0) is 4.79 Å². The number of aliphatic carboxylic acids is 1. The first-order chi connectivity index (χ1) is 8.27. The molecule has 2 fully saturated rings. The lowest BCUT2D eigenvalue weighted by Crippen LogP contribution is -2.22. The molecular weight excluding hydrogens is 212 g/mol. The van der Waals surface area contributed by atoms with Gasteiger partial charge in [-0.3, -0.25) is 4.79 Å². The molecule has 98 valence electrons.